The van der Waals surface area contributed by atoms with Gasteiger partial charge in [0.15, 0.2) is 11.2 Å². The number of rotatable bonds is 3. The minimum atomic E-state index is -0.259. The molecule has 0 saturated carbocycles. The number of hydrogen-bond donors (Lipinski definition) is 0. The Morgan fingerprint density at radius 3 is 2.70 bits per heavy atom. The minimum absolute atomic E-state index is 0.0203. The fraction of sp³-hybridized carbons (Fsp3) is 0.286. The number of carbonyl (C=O) groups is 1. The Balaban J connectivity index is 1.43. The fourth-order valence-corrected chi connectivity index (χ4v) is 3.30. The Morgan fingerprint density at radius 1 is 1.15 bits per heavy atom. The van der Waals surface area contributed by atoms with E-state index in [2.05, 4.69) is 4.98 Å². The van der Waals surface area contributed by atoms with Crippen LogP contribution in [-0.4, -0.2) is 35.0 Å². The molecule has 2 aromatic heterocycles. The lowest BCUT2D eigenvalue weighted by atomic mass is 10.1. The summed E-state index contributed by atoms with van der Waals surface area (Å²) in [5.74, 6) is 0.434. The standard InChI is InChI=1S/C21H20N2O4/c1-14-5-4-8-20(22-14)26-15-9-11-23(12-10-15)21(25)19-13-17(24)16-6-2-3-7-18(16)27-19/h2-8,13,15H,9-12H2,1H3. The highest BCUT2D eigenvalue weighted by molar-refractivity contribution is 5.93. The second-order valence-corrected chi connectivity index (χ2v) is 6.70. The van der Waals surface area contributed by atoms with Crippen LogP contribution in [0.1, 0.15) is 29.1 Å². The highest BCUT2D eigenvalue weighted by Gasteiger charge is 2.26. The first kappa shape index (κ1) is 17.3. The number of nitrogens with zero attached hydrogens (tertiary/aromatic N) is 2. The summed E-state index contributed by atoms with van der Waals surface area (Å²) in [6.45, 7) is 3.02. The normalized spacial score (nSPS) is 15.1. The number of pyridine rings is 1. The van der Waals surface area contributed by atoms with Crippen molar-refractivity contribution in [1.82, 2.24) is 9.88 Å². The Kier molecular flexibility index (Phi) is 4.62. The Bertz CT molecular complexity index is 1040. The van der Waals surface area contributed by atoms with E-state index in [1.54, 1.807) is 29.2 Å². The van der Waals surface area contributed by atoms with E-state index in [9.17, 15) is 9.59 Å². The van der Waals surface area contributed by atoms with Crippen LogP contribution in [0.15, 0.2) is 57.7 Å². The maximum Gasteiger partial charge on any atom is 0.289 e. The minimum Gasteiger partial charge on any atom is -0.474 e. The molecule has 4 rings (SSSR count). The number of piperidine rings is 1. The molecule has 0 bridgehead atoms. The van der Waals surface area contributed by atoms with Gasteiger partial charge in [-0.05, 0) is 25.1 Å². The summed E-state index contributed by atoms with van der Waals surface area (Å²) in [6.07, 6.45) is 1.44. The third kappa shape index (κ3) is 3.69. The summed E-state index contributed by atoms with van der Waals surface area (Å²) < 4.78 is 11.6. The highest BCUT2D eigenvalue weighted by atomic mass is 16.5. The van der Waals surface area contributed by atoms with Gasteiger partial charge in [-0.2, -0.15) is 0 Å². The monoisotopic (exact) mass is 364 g/mol. The van der Waals surface area contributed by atoms with Crippen LogP contribution in [0.5, 0.6) is 5.88 Å². The summed E-state index contributed by atoms with van der Waals surface area (Å²) in [4.78, 5) is 31.0. The third-order valence-electron chi connectivity index (χ3n) is 4.72. The van der Waals surface area contributed by atoms with Crippen molar-refractivity contribution in [3.8, 4) is 5.88 Å². The van der Waals surface area contributed by atoms with Gasteiger partial charge in [-0.15, -0.1) is 0 Å². The van der Waals surface area contributed by atoms with Gasteiger partial charge in [-0.1, -0.05) is 18.2 Å². The van der Waals surface area contributed by atoms with Crippen LogP contribution >= 0.6 is 0 Å². The van der Waals surface area contributed by atoms with E-state index < -0.39 is 0 Å². The highest BCUT2D eigenvalue weighted by Crippen LogP contribution is 2.20. The molecular formula is C21H20N2O4. The number of ether oxygens (including phenoxy) is 1. The van der Waals surface area contributed by atoms with E-state index in [0.717, 1.165) is 5.69 Å². The molecule has 1 amide bonds. The number of aromatic nitrogens is 1. The van der Waals surface area contributed by atoms with Gasteiger partial charge in [-0.25, -0.2) is 4.98 Å². The van der Waals surface area contributed by atoms with Gasteiger partial charge in [0.25, 0.3) is 5.91 Å². The van der Waals surface area contributed by atoms with Crippen molar-refractivity contribution in [3.05, 3.63) is 70.2 Å². The fourth-order valence-electron chi connectivity index (χ4n) is 3.30. The molecule has 138 valence electrons. The second-order valence-electron chi connectivity index (χ2n) is 6.70. The number of aryl methyl sites for hydroxylation is 1. The number of hydrogen-bond acceptors (Lipinski definition) is 5. The first-order valence-electron chi connectivity index (χ1n) is 9.02. The van der Waals surface area contributed by atoms with Gasteiger partial charge in [-0.3, -0.25) is 9.59 Å². The quantitative estimate of drug-likeness (QED) is 0.714. The molecule has 1 aliphatic heterocycles. The molecule has 0 unspecified atom stereocenters. The molecule has 3 heterocycles. The molecule has 3 aromatic rings. The van der Waals surface area contributed by atoms with Crippen LogP contribution in [0.4, 0.5) is 0 Å². The van der Waals surface area contributed by atoms with E-state index in [4.69, 9.17) is 9.15 Å². The molecule has 27 heavy (non-hydrogen) atoms. The average molecular weight is 364 g/mol. The number of para-hydroxylation sites is 1. The molecule has 6 heteroatoms. The summed E-state index contributed by atoms with van der Waals surface area (Å²) in [5, 5.41) is 0.479. The molecule has 1 fully saturated rings. The first-order chi connectivity index (χ1) is 13.1. The van der Waals surface area contributed by atoms with Crippen molar-refractivity contribution >= 4 is 16.9 Å². The molecule has 1 aromatic carbocycles. The molecule has 1 saturated heterocycles. The zero-order valence-corrected chi connectivity index (χ0v) is 15.1. The number of fused-ring (bicyclic) bond motifs is 1. The third-order valence-corrected chi connectivity index (χ3v) is 4.72. The van der Waals surface area contributed by atoms with Crippen LogP contribution in [-0.2, 0) is 0 Å². The van der Waals surface area contributed by atoms with Crippen LogP contribution in [0.3, 0.4) is 0 Å². The maximum atomic E-state index is 12.7. The molecule has 0 aliphatic carbocycles. The van der Waals surface area contributed by atoms with E-state index in [1.165, 1.54) is 6.07 Å². The molecule has 0 N–H and O–H groups in total. The maximum absolute atomic E-state index is 12.7. The van der Waals surface area contributed by atoms with E-state index in [-0.39, 0.29) is 23.2 Å². The predicted octanol–water partition coefficient (Wildman–Crippen LogP) is 3.18. The zero-order chi connectivity index (χ0) is 18.8. The summed E-state index contributed by atoms with van der Waals surface area (Å²) in [5.41, 5.74) is 1.13. The molecule has 0 atom stereocenters. The smallest absolute Gasteiger partial charge is 0.289 e. The van der Waals surface area contributed by atoms with Crippen molar-refractivity contribution in [3.63, 3.8) is 0 Å². The van der Waals surface area contributed by atoms with E-state index in [1.807, 2.05) is 25.1 Å². The Labute approximate surface area is 156 Å². The van der Waals surface area contributed by atoms with Crippen LogP contribution in [0.2, 0.25) is 0 Å². The molecule has 1 aliphatic rings. The lowest BCUT2D eigenvalue weighted by molar-refractivity contribution is 0.0560. The van der Waals surface area contributed by atoms with Gasteiger partial charge in [0.1, 0.15) is 11.7 Å². The Hall–Kier alpha value is -3.15. The summed E-state index contributed by atoms with van der Waals surface area (Å²) in [7, 11) is 0. The average Bonchev–Trinajstić information content (AvgIpc) is 2.68. The number of amides is 1. The largest absolute Gasteiger partial charge is 0.474 e. The molecule has 0 spiro atoms. The van der Waals surface area contributed by atoms with Gasteiger partial charge >= 0.3 is 0 Å². The second kappa shape index (κ2) is 7.23. The van der Waals surface area contributed by atoms with Gasteiger partial charge in [0.05, 0.1) is 5.39 Å². The topological polar surface area (TPSA) is 72.6 Å². The van der Waals surface area contributed by atoms with Crippen LogP contribution in [0, 0.1) is 6.92 Å². The van der Waals surface area contributed by atoms with Gasteiger partial charge < -0.3 is 14.1 Å². The van der Waals surface area contributed by atoms with Crippen molar-refractivity contribution in [2.75, 3.05) is 13.1 Å². The lowest BCUT2D eigenvalue weighted by Crippen LogP contribution is -2.42. The number of carbonyl (C=O) groups excluding carboxylic acids is 1. The number of likely N-dealkylation sites (tertiary alicyclic amines) is 1. The predicted molar refractivity (Wildman–Crippen MR) is 101 cm³/mol. The summed E-state index contributed by atoms with van der Waals surface area (Å²) >= 11 is 0. The van der Waals surface area contributed by atoms with Crippen LogP contribution < -0.4 is 10.2 Å². The molecular weight excluding hydrogens is 344 g/mol. The van der Waals surface area contributed by atoms with Gasteiger partial charge in [0.2, 0.25) is 5.88 Å². The Morgan fingerprint density at radius 2 is 1.93 bits per heavy atom. The van der Waals surface area contributed by atoms with Crippen molar-refractivity contribution in [2.45, 2.75) is 25.9 Å². The SMILES string of the molecule is Cc1cccc(OC2CCN(C(=O)c3cc(=O)c4ccccc4o3)CC2)n1. The van der Waals surface area contributed by atoms with E-state index in [0.29, 0.717) is 42.8 Å². The van der Waals surface area contributed by atoms with Gasteiger partial charge in [0, 0.05) is 43.8 Å². The zero-order valence-electron chi connectivity index (χ0n) is 15.1. The van der Waals surface area contributed by atoms with E-state index >= 15 is 0 Å². The molecule has 6 nitrogen and oxygen atoms in total. The van der Waals surface area contributed by atoms with Crippen molar-refractivity contribution < 1.29 is 13.9 Å². The van der Waals surface area contributed by atoms with Crippen molar-refractivity contribution in [2.24, 2.45) is 0 Å². The molecule has 0 radical (unpaired) electrons. The first-order valence-corrected chi connectivity index (χ1v) is 9.02. The summed E-state index contributed by atoms with van der Waals surface area (Å²) in [6, 6.07) is 13.9. The number of benzene rings is 1. The lowest BCUT2D eigenvalue weighted by Gasteiger charge is -2.31. The van der Waals surface area contributed by atoms with Crippen molar-refractivity contribution in [1.29, 1.82) is 0 Å². The van der Waals surface area contributed by atoms with Crippen LogP contribution in [0.25, 0.3) is 11.0 Å².